The molecule has 2 heterocycles. The Balaban J connectivity index is 1.78. The van der Waals surface area contributed by atoms with E-state index in [4.69, 9.17) is 14.1 Å². The summed E-state index contributed by atoms with van der Waals surface area (Å²) in [6, 6.07) is 18.2. The second kappa shape index (κ2) is 7.11. The predicted octanol–water partition coefficient (Wildman–Crippen LogP) is 4.48. The summed E-state index contributed by atoms with van der Waals surface area (Å²) in [4.78, 5) is 4.90. The van der Waals surface area contributed by atoms with Crippen LogP contribution in [0.4, 0.5) is 0 Å². The molecule has 1 fully saturated rings. The van der Waals surface area contributed by atoms with Crippen LogP contribution in [-0.2, 0) is 0 Å². The lowest BCUT2D eigenvalue weighted by Crippen LogP contribution is -2.26. The summed E-state index contributed by atoms with van der Waals surface area (Å²) in [5, 5.41) is 3.40. The number of benzene rings is 2. The van der Waals surface area contributed by atoms with E-state index in [2.05, 4.69) is 17.4 Å². The van der Waals surface area contributed by atoms with E-state index in [1.165, 1.54) is 0 Å². The predicted molar refractivity (Wildman–Crippen MR) is 98.8 cm³/mol. The molecular formula is C21H22N2O2. The minimum absolute atomic E-state index is 0.385. The highest BCUT2D eigenvalue weighted by atomic mass is 16.5. The van der Waals surface area contributed by atoms with E-state index in [-0.39, 0.29) is 0 Å². The highest BCUT2D eigenvalue weighted by Crippen LogP contribution is 2.37. The highest BCUT2D eigenvalue weighted by molar-refractivity contribution is 5.77. The van der Waals surface area contributed by atoms with Gasteiger partial charge in [-0.3, -0.25) is 0 Å². The van der Waals surface area contributed by atoms with Crippen LogP contribution >= 0.6 is 0 Å². The third-order valence-electron chi connectivity index (χ3n) is 4.73. The lowest BCUT2D eigenvalue weighted by atomic mass is 9.98. The Kier molecular flexibility index (Phi) is 4.53. The Morgan fingerprint density at radius 1 is 0.960 bits per heavy atom. The van der Waals surface area contributed by atoms with Gasteiger partial charge in [0.2, 0.25) is 0 Å². The largest absolute Gasteiger partial charge is 0.497 e. The summed E-state index contributed by atoms with van der Waals surface area (Å²) in [5.74, 6) is 2.92. The maximum atomic E-state index is 6.28. The van der Waals surface area contributed by atoms with E-state index in [0.717, 1.165) is 60.2 Å². The van der Waals surface area contributed by atoms with E-state index < -0.39 is 0 Å². The summed E-state index contributed by atoms with van der Waals surface area (Å²) in [5.41, 5.74) is 3.01. The van der Waals surface area contributed by atoms with Crippen LogP contribution in [0, 0.1) is 0 Å². The number of rotatable bonds is 4. The van der Waals surface area contributed by atoms with Crippen LogP contribution in [0.25, 0.3) is 22.6 Å². The van der Waals surface area contributed by atoms with Crippen molar-refractivity contribution in [2.45, 2.75) is 18.8 Å². The van der Waals surface area contributed by atoms with E-state index >= 15 is 0 Å². The van der Waals surface area contributed by atoms with Crippen molar-refractivity contribution in [3.8, 4) is 28.3 Å². The molecule has 1 N–H and O–H groups in total. The third kappa shape index (κ3) is 3.30. The fourth-order valence-electron chi connectivity index (χ4n) is 3.31. The molecule has 0 amide bonds. The number of oxazole rings is 1. The molecule has 0 unspecified atom stereocenters. The summed E-state index contributed by atoms with van der Waals surface area (Å²) in [6.45, 7) is 2.04. The normalized spacial score (nSPS) is 15.2. The first-order valence-corrected chi connectivity index (χ1v) is 8.76. The Bertz CT molecular complexity index is 819. The number of hydrogen-bond donors (Lipinski definition) is 1. The van der Waals surface area contributed by atoms with Crippen molar-refractivity contribution in [1.82, 2.24) is 10.3 Å². The molecule has 2 aromatic carbocycles. The maximum absolute atomic E-state index is 6.28. The molecule has 0 radical (unpaired) electrons. The van der Waals surface area contributed by atoms with E-state index in [1.54, 1.807) is 7.11 Å². The number of nitrogens with one attached hydrogen (secondary N) is 1. The molecular weight excluding hydrogens is 312 g/mol. The lowest BCUT2D eigenvalue weighted by Gasteiger charge is -2.19. The standard InChI is InChI=1S/C21H22N2O2/c1-24-18-9-7-15(8-10-18)19-20(16-5-3-2-4-6-16)25-21(23-19)17-11-13-22-14-12-17/h2-10,17,22H,11-14H2,1H3. The zero-order valence-electron chi connectivity index (χ0n) is 14.4. The van der Waals surface area contributed by atoms with E-state index in [0.29, 0.717) is 5.92 Å². The van der Waals surface area contributed by atoms with Crippen molar-refractivity contribution in [3.63, 3.8) is 0 Å². The monoisotopic (exact) mass is 334 g/mol. The minimum Gasteiger partial charge on any atom is -0.497 e. The van der Waals surface area contributed by atoms with Gasteiger partial charge < -0.3 is 14.5 Å². The van der Waals surface area contributed by atoms with Gasteiger partial charge in [-0.15, -0.1) is 0 Å². The molecule has 128 valence electrons. The number of ether oxygens (including phenoxy) is 1. The number of aromatic nitrogens is 1. The molecule has 1 aliphatic heterocycles. The average Bonchev–Trinajstić information content (AvgIpc) is 3.15. The number of hydrogen-bond acceptors (Lipinski definition) is 4. The van der Waals surface area contributed by atoms with Gasteiger partial charge in [0.05, 0.1) is 7.11 Å². The second-order valence-corrected chi connectivity index (χ2v) is 6.35. The smallest absolute Gasteiger partial charge is 0.198 e. The molecule has 1 aliphatic rings. The van der Waals surface area contributed by atoms with Gasteiger partial charge in [-0.1, -0.05) is 30.3 Å². The summed E-state index contributed by atoms with van der Waals surface area (Å²) in [7, 11) is 1.68. The van der Waals surface area contributed by atoms with Gasteiger partial charge in [-0.05, 0) is 50.2 Å². The van der Waals surface area contributed by atoms with E-state index in [9.17, 15) is 0 Å². The molecule has 3 aromatic rings. The first-order chi connectivity index (χ1) is 12.3. The molecule has 0 bridgehead atoms. The Morgan fingerprint density at radius 3 is 2.36 bits per heavy atom. The van der Waals surface area contributed by atoms with Gasteiger partial charge in [0, 0.05) is 17.0 Å². The van der Waals surface area contributed by atoms with Crippen LogP contribution in [0.1, 0.15) is 24.7 Å². The summed E-state index contributed by atoms with van der Waals surface area (Å²) in [6.07, 6.45) is 2.13. The quantitative estimate of drug-likeness (QED) is 0.764. The first kappa shape index (κ1) is 15.9. The fourth-order valence-corrected chi connectivity index (χ4v) is 3.31. The lowest BCUT2D eigenvalue weighted by molar-refractivity contribution is 0.378. The van der Waals surface area contributed by atoms with Gasteiger partial charge in [-0.2, -0.15) is 0 Å². The SMILES string of the molecule is COc1ccc(-c2nc(C3CCNCC3)oc2-c2ccccc2)cc1. The Labute approximate surface area is 147 Å². The number of piperidine rings is 1. The van der Waals surface area contributed by atoms with E-state index in [1.807, 2.05) is 42.5 Å². The average molecular weight is 334 g/mol. The van der Waals surface area contributed by atoms with Gasteiger partial charge in [-0.25, -0.2) is 4.98 Å². The van der Waals surface area contributed by atoms with Crippen LogP contribution in [-0.4, -0.2) is 25.2 Å². The Morgan fingerprint density at radius 2 is 1.68 bits per heavy atom. The second-order valence-electron chi connectivity index (χ2n) is 6.35. The molecule has 1 saturated heterocycles. The van der Waals surface area contributed by atoms with Crippen LogP contribution in [0.15, 0.2) is 59.0 Å². The van der Waals surface area contributed by atoms with Gasteiger partial charge in [0.25, 0.3) is 0 Å². The molecule has 0 saturated carbocycles. The molecule has 4 nitrogen and oxygen atoms in total. The molecule has 0 aliphatic carbocycles. The van der Waals surface area contributed by atoms with Crippen molar-refractivity contribution in [1.29, 1.82) is 0 Å². The van der Waals surface area contributed by atoms with Crippen LogP contribution in [0.2, 0.25) is 0 Å². The van der Waals surface area contributed by atoms with Crippen molar-refractivity contribution in [2.24, 2.45) is 0 Å². The zero-order valence-corrected chi connectivity index (χ0v) is 14.4. The minimum atomic E-state index is 0.385. The first-order valence-electron chi connectivity index (χ1n) is 8.76. The van der Waals surface area contributed by atoms with Crippen LogP contribution < -0.4 is 10.1 Å². The molecule has 4 heteroatoms. The summed E-state index contributed by atoms with van der Waals surface area (Å²) < 4.78 is 11.6. The number of methoxy groups -OCH3 is 1. The molecule has 0 spiro atoms. The highest BCUT2D eigenvalue weighted by Gasteiger charge is 2.24. The topological polar surface area (TPSA) is 47.3 Å². The maximum Gasteiger partial charge on any atom is 0.198 e. The van der Waals surface area contributed by atoms with Crippen LogP contribution in [0.3, 0.4) is 0 Å². The molecule has 1 aromatic heterocycles. The number of nitrogens with zero attached hydrogens (tertiary/aromatic N) is 1. The Hall–Kier alpha value is -2.59. The van der Waals surface area contributed by atoms with Crippen molar-refractivity contribution >= 4 is 0 Å². The summed E-state index contributed by atoms with van der Waals surface area (Å²) >= 11 is 0. The van der Waals surface area contributed by atoms with Gasteiger partial charge in [0.15, 0.2) is 11.7 Å². The van der Waals surface area contributed by atoms with Crippen molar-refractivity contribution in [3.05, 3.63) is 60.5 Å². The fraction of sp³-hybridized carbons (Fsp3) is 0.286. The molecule has 25 heavy (non-hydrogen) atoms. The van der Waals surface area contributed by atoms with Gasteiger partial charge in [0.1, 0.15) is 11.4 Å². The third-order valence-corrected chi connectivity index (χ3v) is 4.73. The van der Waals surface area contributed by atoms with Crippen LogP contribution in [0.5, 0.6) is 5.75 Å². The molecule has 0 atom stereocenters. The van der Waals surface area contributed by atoms with Crippen molar-refractivity contribution in [2.75, 3.05) is 20.2 Å². The van der Waals surface area contributed by atoms with Gasteiger partial charge >= 0.3 is 0 Å². The molecule has 4 rings (SSSR count). The zero-order chi connectivity index (χ0) is 17.1. The van der Waals surface area contributed by atoms with Crippen molar-refractivity contribution < 1.29 is 9.15 Å².